The fourth-order valence-electron chi connectivity index (χ4n) is 1.34. The third-order valence-corrected chi connectivity index (χ3v) is 2.12. The monoisotopic (exact) mass is 255 g/mol. The highest BCUT2D eigenvalue weighted by Gasteiger charge is 2.31. The molecule has 1 aromatic carbocycles. The number of benzene rings is 1. The van der Waals surface area contributed by atoms with Crippen molar-refractivity contribution in [3.63, 3.8) is 0 Å². The molecule has 0 aromatic heterocycles. The number of hydrogen-bond acceptors (Lipinski definition) is 2. The Morgan fingerprint density at radius 3 is 2.44 bits per heavy atom. The molecule has 0 amide bonds. The molecule has 0 aliphatic heterocycles. The van der Waals surface area contributed by atoms with Crippen molar-refractivity contribution in [3.8, 4) is 5.75 Å². The van der Waals surface area contributed by atoms with Crippen molar-refractivity contribution in [2.24, 2.45) is 5.73 Å². The van der Waals surface area contributed by atoms with Gasteiger partial charge in [0, 0.05) is 11.6 Å². The second-order valence-electron chi connectivity index (χ2n) is 3.44. The second kappa shape index (κ2) is 5.41. The number of hydrogen-bond donors (Lipinski definition) is 2. The number of aryl methyl sites for hydroxylation is 1. The standard InChI is InChI=1S/C10H12F3NO.ClH/c1-6-3-2-4-7(9(6)15)8(14)5-10(11,12)13;/h2-4,8,15H,5,14H2,1H3;1H/t8-;/m1./s1. The van der Waals surface area contributed by atoms with Gasteiger partial charge in [0.15, 0.2) is 0 Å². The summed E-state index contributed by atoms with van der Waals surface area (Å²) in [7, 11) is 0. The molecule has 0 spiro atoms. The Balaban J connectivity index is 0.00000225. The van der Waals surface area contributed by atoms with Crippen LogP contribution in [0.5, 0.6) is 5.75 Å². The SMILES string of the molecule is Cc1cccc([C@H](N)CC(F)(F)F)c1O.Cl. The molecule has 6 heteroatoms. The van der Waals surface area contributed by atoms with Crippen LogP contribution in [0.4, 0.5) is 13.2 Å². The molecule has 1 rings (SSSR count). The molecular weight excluding hydrogens is 243 g/mol. The first-order valence-electron chi connectivity index (χ1n) is 4.42. The summed E-state index contributed by atoms with van der Waals surface area (Å²) < 4.78 is 36.2. The van der Waals surface area contributed by atoms with Crippen molar-refractivity contribution in [1.82, 2.24) is 0 Å². The summed E-state index contributed by atoms with van der Waals surface area (Å²) in [4.78, 5) is 0. The molecule has 0 unspecified atom stereocenters. The van der Waals surface area contributed by atoms with E-state index in [1.807, 2.05) is 0 Å². The molecule has 3 N–H and O–H groups in total. The summed E-state index contributed by atoms with van der Waals surface area (Å²) in [6, 6.07) is 3.36. The molecule has 1 atom stereocenters. The van der Waals surface area contributed by atoms with Gasteiger partial charge in [-0.1, -0.05) is 18.2 Å². The minimum atomic E-state index is -4.32. The van der Waals surface area contributed by atoms with Gasteiger partial charge in [-0.05, 0) is 12.5 Å². The van der Waals surface area contributed by atoms with E-state index in [0.717, 1.165) is 0 Å². The van der Waals surface area contributed by atoms with Gasteiger partial charge in [0.25, 0.3) is 0 Å². The zero-order chi connectivity index (χ0) is 11.6. The van der Waals surface area contributed by atoms with Crippen molar-refractivity contribution in [3.05, 3.63) is 29.3 Å². The van der Waals surface area contributed by atoms with Gasteiger partial charge >= 0.3 is 6.18 Å². The van der Waals surface area contributed by atoms with Gasteiger partial charge in [-0.2, -0.15) is 13.2 Å². The fourth-order valence-corrected chi connectivity index (χ4v) is 1.34. The van der Waals surface area contributed by atoms with Gasteiger partial charge in [0.2, 0.25) is 0 Å². The average molecular weight is 256 g/mol. The Morgan fingerprint density at radius 1 is 1.38 bits per heavy atom. The predicted octanol–water partition coefficient (Wildman–Crippen LogP) is 3.07. The molecular formula is C10H13ClF3NO. The van der Waals surface area contributed by atoms with E-state index in [9.17, 15) is 18.3 Å². The summed E-state index contributed by atoms with van der Waals surface area (Å²) in [6.45, 7) is 1.61. The van der Waals surface area contributed by atoms with Gasteiger partial charge in [-0.25, -0.2) is 0 Å². The Hall–Kier alpha value is -0.940. The first-order valence-corrected chi connectivity index (χ1v) is 4.42. The molecule has 1 aromatic rings. The largest absolute Gasteiger partial charge is 0.507 e. The number of aromatic hydroxyl groups is 1. The maximum absolute atomic E-state index is 12.1. The Bertz CT molecular complexity index is 354. The van der Waals surface area contributed by atoms with E-state index in [1.165, 1.54) is 6.07 Å². The lowest BCUT2D eigenvalue weighted by Gasteiger charge is -2.16. The van der Waals surface area contributed by atoms with Crippen LogP contribution in [-0.4, -0.2) is 11.3 Å². The first kappa shape index (κ1) is 15.1. The van der Waals surface area contributed by atoms with Crippen molar-refractivity contribution < 1.29 is 18.3 Å². The molecule has 92 valence electrons. The maximum Gasteiger partial charge on any atom is 0.390 e. The molecule has 0 fully saturated rings. The summed E-state index contributed by atoms with van der Waals surface area (Å²) in [6.07, 6.45) is -5.46. The van der Waals surface area contributed by atoms with Crippen LogP contribution in [0.15, 0.2) is 18.2 Å². The van der Waals surface area contributed by atoms with Crippen LogP contribution < -0.4 is 5.73 Å². The summed E-state index contributed by atoms with van der Waals surface area (Å²) >= 11 is 0. The fraction of sp³-hybridized carbons (Fsp3) is 0.400. The van der Waals surface area contributed by atoms with Crippen molar-refractivity contribution in [2.75, 3.05) is 0 Å². The van der Waals surface area contributed by atoms with Gasteiger partial charge in [0.05, 0.1) is 6.42 Å². The van der Waals surface area contributed by atoms with Gasteiger partial charge in [-0.15, -0.1) is 12.4 Å². The third kappa shape index (κ3) is 3.90. The topological polar surface area (TPSA) is 46.2 Å². The lowest BCUT2D eigenvalue weighted by Crippen LogP contribution is -2.20. The van der Waals surface area contributed by atoms with E-state index in [1.54, 1.807) is 19.1 Å². The molecule has 16 heavy (non-hydrogen) atoms. The molecule has 0 aliphatic carbocycles. The molecule has 2 nitrogen and oxygen atoms in total. The third-order valence-electron chi connectivity index (χ3n) is 2.12. The van der Waals surface area contributed by atoms with E-state index in [-0.39, 0.29) is 23.7 Å². The molecule has 0 aliphatic rings. The van der Waals surface area contributed by atoms with Crippen molar-refractivity contribution >= 4 is 12.4 Å². The van der Waals surface area contributed by atoms with Gasteiger partial charge in [0.1, 0.15) is 5.75 Å². The Morgan fingerprint density at radius 2 is 1.94 bits per heavy atom. The quantitative estimate of drug-likeness (QED) is 0.853. The van der Waals surface area contributed by atoms with E-state index < -0.39 is 18.6 Å². The van der Waals surface area contributed by atoms with E-state index in [4.69, 9.17) is 5.73 Å². The van der Waals surface area contributed by atoms with Crippen LogP contribution in [-0.2, 0) is 0 Å². The second-order valence-corrected chi connectivity index (χ2v) is 3.44. The van der Waals surface area contributed by atoms with Gasteiger partial charge < -0.3 is 10.8 Å². The summed E-state index contributed by atoms with van der Waals surface area (Å²) in [5, 5.41) is 9.52. The van der Waals surface area contributed by atoms with E-state index >= 15 is 0 Å². The number of nitrogens with two attached hydrogens (primary N) is 1. The number of halogens is 4. The number of rotatable bonds is 2. The van der Waals surface area contributed by atoms with Crippen molar-refractivity contribution in [2.45, 2.75) is 25.6 Å². The highest BCUT2D eigenvalue weighted by Crippen LogP contribution is 2.33. The highest BCUT2D eigenvalue weighted by molar-refractivity contribution is 5.85. The zero-order valence-electron chi connectivity index (χ0n) is 8.58. The van der Waals surface area contributed by atoms with Crippen LogP contribution in [0, 0.1) is 6.92 Å². The lowest BCUT2D eigenvalue weighted by molar-refractivity contribution is -0.138. The number of para-hydroxylation sites is 1. The molecule has 0 saturated heterocycles. The molecule has 0 saturated carbocycles. The van der Waals surface area contributed by atoms with Crippen LogP contribution >= 0.6 is 12.4 Å². The van der Waals surface area contributed by atoms with Gasteiger partial charge in [-0.3, -0.25) is 0 Å². The zero-order valence-corrected chi connectivity index (χ0v) is 9.40. The normalized spacial score (nSPS) is 13.1. The summed E-state index contributed by atoms with van der Waals surface area (Å²) in [5.74, 6) is -0.158. The maximum atomic E-state index is 12.1. The van der Waals surface area contributed by atoms with E-state index in [2.05, 4.69) is 0 Å². The summed E-state index contributed by atoms with van der Waals surface area (Å²) in [5.41, 5.74) is 6.02. The first-order chi connectivity index (χ1) is 6.81. The highest BCUT2D eigenvalue weighted by atomic mass is 35.5. The Labute approximate surface area is 97.7 Å². The molecule has 0 heterocycles. The van der Waals surface area contributed by atoms with Crippen molar-refractivity contribution in [1.29, 1.82) is 0 Å². The van der Waals surface area contributed by atoms with E-state index in [0.29, 0.717) is 5.56 Å². The lowest BCUT2D eigenvalue weighted by atomic mass is 10.0. The molecule has 0 radical (unpaired) electrons. The number of alkyl halides is 3. The smallest absolute Gasteiger partial charge is 0.390 e. The predicted molar refractivity (Wildman–Crippen MR) is 57.7 cm³/mol. The Kier molecular flexibility index (Phi) is 5.09. The average Bonchev–Trinajstić information content (AvgIpc) is 2.06. The van der Waals surface area contributed by atoms with Crippen LogP contribution in [0.3, 0.4) is 0 Å². The minimum absolute atomic E-state index is 0. The number of phenolic OH excluding ortho intramolecular Hbond substituents is 1. The number of phenols is 1. The minimum Gasteiger partial charge on any atom is -0.507 e. The molecule has 0 bridgehead atoms. The van der Waals surface area contributed by atoms with Crippen LogP contribution in [0.1, 0.15) is 23.6 Å². The van der Waals surface area contributed by atoms with Crippen LogP contribution in [0.2, 0.25) is 0 Å². The van der Waals surface area contributed by atoms with Crippen LogP contribution in [0.25, 0.3) is 0 Å².